The number of hydrogen-bond acceptors (Lipinski definition) is 2. The van der Waals surface area contributed by atoms with E-state index in [1.54, 1.807) is 0 Å². The smallest absolute Gasteiger partial charge is 0.0933 e. The van der Waals surface area contributed by atoms with Gasteiger partial charge in [-0.25, -0.2) is 0 Å². The first kappa shape index (κ1) is 11.7. The van der Waals surface area contributed by atoms with Gasteiger partial charge in [0.05, 0.1) is 17.3 Å². The lowest BCUT2D eigenvalue weighted by Crippen LogP contribution is -2.39. The van der Waals surface area contributed by atoms with Gasteiger partial charge in [0.25, 0.3) is 0 Å². The number of hydrogen-bond donors (Lipinski definition) is 1. The van der Waals surface area contributed by atoms with E-state index in [1.165, 1.54) is 11.1 Å². The summed E-state index contributed by atoms with van der Waals surface area (Å²) in [5.74, 6) is 0.494. The molecule has 2 nitrogen and oxygen atoms in total. The van der Waals surface area contributed by atoms with Crippen LogP contribution in [0.1, 0.15) is 53.9 Å². The average molecular weight is 236 g/mol. The zero-order valence-electron chi connectivity index (χ0n) is 11.6. The normalized spacial score (nSPS) is 47.1. The van der Waals surface area contributed by atoms with Gasteiger partial charge in [-0.3, -0.25) is 0 Å². The summed E-state index contributed by atoms with van der Waals surface area (Å²) in [4.78, 5) is 0. The molecule has 0 spiro atoms. The molecule has 3 atom stereocenters. The molecule has 0 amide bonds. The lowest BCUT2D eigenvalue weighted by molar-refractivity contribution is -0.0341. The molecule has 1 fully saturated rings. The Balaban J connectivity index is 2.16. The number of rotatable bonds is 1. The Morgan fingerprint density at radius 1 is 1.29 bits per heavy atom. The van der Waals surface area contributed by atoms with Crippen molar-refractivity contribution in [1.29, 1.82) is 0 Å². The zero-order valence-corrected chi connectivity index (χ0v) is 11.6. The van der Waals surface area contributed by atoms with Crippen LogP contribution in [0.15, 0.2) is 11.1 Å². The average Bonchev–Trinajstić information content (AvgIpc) is 2.73. The number of fused-ring (bicyclic) bond motifs is 4. The predicted molar refractivity (Wildman–Crippen MR) is 67.7 cm³/mol. The van der Waals surface area contributed by atoms with Gasteiger partial charge in [0.1, 0.15) is 0 Å². The van der Waals surface area contributed by atoms with Crippen molar-refractivity contribution in [1.82, 2.24) is 0 Å². The van der Waals surface area contributed by atoms with Crippen LogP contribution in [0.25, 0.3) is 0 Å². The zero-order chi connectivity index (χ0) is 12.6. The van der Waals surface area contributed by atoms with Crippen LogP contribution >= 0.6 is 0 Å². The third-order valence-corrected chi connectivity index (χ3v) is 5.23. The van der Waals surface area contributed by atoms with Crippen LogP contribution in [0, 0.1) is 11.3 Å². The van der Waals surface area contributed by atoms with Crippen LogP contribution in [-0.2, 0) is 4.74 Å². The third-order valence-electron chi connectivity index (χ3n) is 5.23. The Kier molecular flexibility index (Phi) is 2.05. The van der Waals surface area contributed by atoms with E-state index in [0.717, 1.165) is 19.3 Å². The fourth-order valence-corrected chi connectivity index (χ4v) is 4.34. The number of ether oxygens (including phenoxy) is 1. The highest BCUT2D eigenvalue weighted by atomic mass is 16.5. The first-order valence-electron chi connectivity index (χ1n) is 6.85. The highest BCUT2D eigenvalue weighted by molar-refractivity contribution is 5.47. The maximum atomic E-state index is 10.6. The lowest BCUT2D eigenvalue weighted by atomic mass is 9.65. The van der Waals surface area contributed by atoms with Crippen molar-refractivity contribution < 1.29 is 9.84 Å². The third kappa shape index (κ3) is 1.23. The Hall–Kier alpha value is -0.340. The maximum absolute atomic E-state index is 10.6. The molecule has 96 valence electrons. The molecule has 1 unspecified atom stereocenters. The molecule has 0 aromatic carbocycles. The van der Waals surface area contributed by atoms with Crippen LogP contribution in [-0.4, -0.2) is 22.4 Å². The van der Waals surface area contributed by atoms with E-state index in [0.29, 0.717) is 5.92 Å². The Morgan fingerprint density at radius 2 is 1.94 bits per heavy atom. The molecule has 2 heterocycles. The monoisotopic (exact) mass is 236 g/mol. The van der Waals surface area contributed by atoms with E-state index in [9.17, 15) is 5.11 Å². The highest BCUT2D eigenvalue weighted by Crippen LogP contribution is 2.64. The molecule has 3 aliphatic rings. The predicted octanol–water partition coefficient (Wildman–Crippen LogP) is 3.05. The summed E-state index contributed by atoms with van der Waals surface area (Å²) in [5.41, 5.74) is 2.11. The first-order chi connectivity index (χ1) is 7.71. The maximum Gasteiger partial charge on any atom is 0.0933 e. The molecule has 1 saturated heterocycles. The Morgan fingerprint density at radius 3 is 2.53 bits per heavy atom. The summed E-state index contributed by atoms with van der Waals surface area (Å²) in [6, 6.07) is 0. The molecule has 1 aliphatic carbocycles. The van der Waals surface area contributed by atoms with Gasteiger partial charge < -0.3 is 9.84 Å². The molecule has 0 aromatic rings. The number of aliphatic hydroxyl groups is 1. The molecular formula is C15H24O2. The second kappa shape index (κ2) is 2.97. The molecule has 0 saturated carbocycles. The second-order valence-electron chi connectivity index (χ2n) is 7.37. The molecule has 2 bridgehead atoms. The SMILES string of the molecule is CC(C)C12CC(C)(C)[C@H](O1)C1=C2CC[C@@]1(C)O. The van der Waals surface area contributed by atoms with Crippen molar-refractivity contribution in [2.45, 2.75) is 71.2 Å². The molecular weight excluding hydrogens is 212 g/mol. The van der Waals surface area contributed by atoms with E-state index < -0.39 is 5.60 Å². The molecule has 3 rings (SSSR count). The molecule has 2 heteroatoms. The highest BCUT2D eigenvalue weighted by Gasteiger charge is 2.65. The van der Waals surface area contributed by atoms with Crippen molar-refractivity contribution >= 4 is 0 Å². The van der Waals surface area contributed by atoms with Crippen molar-refractivity contribution in [3.63, 3.8) is 0 Å². The summed E-state index contributed by atoms with van der Waals surface area (Å²) in [6.45, 7) is 11.0. The van der Waals surface area contributed by atoms with E-state index in [2.05, 4.69) is 27.7 Å². The molecule has 2 aliphatic heterocycles. The van der Waals surface area contributed by atoms with E-state index in [-0.39, 0.29) is 17.1 Å². The largest absolute Gasteiger partial charge is 0.386 e. The quantitative estimate of drug-likeness (QED) is 0.709. The molecule has 0 radical (unpaired) electrons. The van der Waals surface area contributed by atoms with Gasteiger partial charge in [0, 0.05) is 0 Å². The fourth-order valence-electron chi connectivity index (χ4n) is 4.34. The minimum atomic E-state index is -0.631. The van der Waals surface area contributed by atoms with Gasteiger partial charge >= 0.3 is 0 Å². The molecule has 17 heavy (non-hydrogen) atoms. The summed E-state index contributed by atoms with van der Waals surface area (Å²) in [6.07, 6.45) is 3.14. The minimum Gasteiger partial charge on any atom is -0.386 e. The summed E-state index contributed by atoms with van der Waals surface area (Å²) in [7, 11) is 0. The second-order valence-corrected chi connectivity index (χ2v) is 7.37. The van der Waals surface area contributed by atoms with Crippen LogP contribution in [0.3, 0.4) is 0 Å². The van der Waals surface area contributed by atoms with E-state index >= 15 is 0 Å². The minimum absolute atomic E-state index is 0.0794. The first-order valence-corrected chi connectivity index (χ1v) is 6.85. The van der Waals surface area contributed by atoms with Crippen molar-refractivity contribution in [3.05, 3.63) is 11.1 Å². The van der Waals surface area contributed by atoms with Gasteiger partial charge in [0.15, 0.2) is 0 Å². The topological polar surface area (TPSA) is 29.5 Å². The lowest BCUT2D eigenvalue weighted by Gasteiger charge is -2.37. The van der Waals surface area contributed by atoms with E-state index in [1.807, 2.05) is 6.92 Å². The standard InChI is InChI=1S/C15H24O2/c1-9(2)15-8-13(3,4)12(17-15)11-10(15)6-7-14(11,5)16/h9,12,16H,6-8H2,1-5H3/t12-,14-,15?/m1/s1. The Labute approximate surface area is 104 Å². The van der Waals surface area contributed by atoms with Crippen LogP contribution in [0.5, 0.6) is 0 Å². The van der Waals surface area contributed by atoms with Gasteiger partial charge in [-0.1, -0.05) is 27.7 Å². The summed E-state index contributed by atoms with van der Waals surface area (Å²) in [5, 5.41) is 10.6. The van der Waals surface area contributed by atoms with Crippen LogP contribution in [0.4, 0.5) is 0 Å². The van der Waals surface area contributed by atoms with Crippen molar-refractivity contribution in [2.24, 2.45) is 11.3 Å². The molecule has 1 N–H and O–H groups in total. The summed E-state index contributed by atoms with van der Waals surface area (Å²) < 4.78 is 6.41. The molecule has 0 aromatic heterocycles. The van der Waals surface area contributed by atoms with Crippen molar-refractivity contribution in [2.75, 3.05) is 0 Å². The van der Waals surface area contributed by atoms with Crippen LogP contribution < -0.4 is 0 Å². The van der Waals surface area contributed by atoms with Crippen LogP contribution in [0.2, 0.25) is 0 Å². The van der Waals surface area contributed by atoms with Gasteiger partial charge in [-0.2, -0.15) is 0 Å². The van der Waals surface area contributed by atoms with Gasteiger partial charge in [-0.15, -0.1) is 0 Å². The Bertz CT molecular complexity index is 403. The fraction of sp³-hybridized carbons (Fsp3) is 0.867. The van der Waals surface area contributed by atoms with E-state index in [4.69, 9.17) is 4.74 Å². The van der Waals surface area contributed by atoms with Crippen molar-refractivity contribution in [3.8, 4) is 0 Å². The summed E-state index contributed by atoms with van der Waals surface area (Å²) >= 11 is 0. The van der Waals surface area contributed by atoms with Gasteiger partial charge in [-0.05, 0) is 48.7 Å². The van der Waals surface area contributed by atoms with Gasteiger partial charge in [0.2, 0.25) is 0 Å².